The van der Waals surface area contributed by atoms with Gasteiger partial charge >= 0.3 is 0 Å². The van der Waals surface area contributed by atoms with E-state index in [1.54, 1.807) is 0 Å². The van der Waals surface area contributed by atoms with Crippen molar-refractivity contribution in [2.75, 3.05) is 0 Å². The molecule has 0 radical (unpaired) electrons. The Kier molecular flexibility index (Phi) is 1.90. The van der Waals surface area contributed by atoms with E-state index in [2.05, 4.69) is 11.9 Å². The fourth-order valence-electron chi connectivity index (χ4n) is 0.795. The molecule has 1 heterocycles. The molecule has 1 aromatic rings. The zero-order valence-corrected chi connectivity index (χ0v) is 5.59. The predicted molar refractivity (Wildman–Crippen MR) is 38.0 cm³/mol. The van der Waals surface area contributed by atoms with Crippen LogP contribution in [-0.2, 0) is 0 Å². The van der Waals surface area contributed by atoms with Gasteiger partial charge in [0.1, 0.15) is 0 Å². The van der Waals surface area contributed by atoms with Gasteiger partial charge in [-0.1, -0.05) is 6.92 Å². The Hall–Kier alpha value is -0.760. The second-order valence-electron chi connectivity index (χ2n) is 2.14. The van der Waals surface area contributed by atoms with E-state index in [-0.39, 0.29) is 6.04 Å². The Labute approximate surface area is 55.1 Å². The van der Waals surface area contributed by atoms with Crippen molar-refractivity contribution in [2.45, 2.75) is 19.4 Å². The summed E-state index contributed by atoms with van der Waals surface area (Å²) >= 11 is 0. The predicted octanol–water partition coefficient (Wildman–Crippen LogP) is 1.42. The van der Waals surface area contributed by atoms with Crippen LogP contribution in [0.2, 0.25) is 0 Å². The number of hydrogen-bond donors (Lipinski definition) is 2. The van der Waals surface area contributed by atoms with Crippen molar-refractivity contribution >= 4 is 0 Å². The minimum atomic E-state index is 0.181. The highest BCUT2D eigenvalue weighted by Gasteiger charge is 2.00. The monoisotopic (exact) mass is 124 g/mol. The molecular weight excluding hydrogens is 112 g/mol. The number of rotatable bonds is 2. The van der Waals surface area contributed by atoms with Crippen LogP contribution in [0.1, 0.15) is 25.1 Å². The zero-order chi connectivity index (χ0) is 6.69. The van der Waals surface area contributed by atoms with Crippen molar-refractivity contribution in [1.29, 1.82) is 0 Å². The van der Waals surface area contributed by atoms with Gasteiger partial charge in [0.15, 0.2) is 0 Å². The summed E-state index contributed by atoms with van der Waals surface area (Å²) in [4.78, 5) is 3.06. The lowest BCUT2D eigenvalue weighted by Crippen LogP contribution is -2.08. The summed E-state index contributed by atoms with van der Waals surface area (Å²) in [5.41, 5.74) is 6.83. The molecule has 9 heavy (non-hydrogen) atoms. The summed E-state index contributed by atoms with van der Waals surface area (Å²) in [6, 6.07) is 4.15. The lowest BCUT2D eigenvalue weighted by atomic mass is 10.2. The van der Waals surface area contributed by atoms with Gasteiger partial charge in [0.05, 0.1) is 0 Å². The smallest absolute Gasteiger partial charge is 0.0445 e. The third kappa shape index (κ3) is 1.33. The summed E-state index contributed by atoms with van der Waals surface area (Å²) in [5, 5.41) is 0. The normalized spacial score (nSPS) is 13.6. The van der Waals surface area contributed by atoms with E-state index in [1.807, 2.05) is 18.3 Å². The van der Waals surface area contributed by atoms with E-state index in [4.69, 9.17) is 5.73 Å². The first-order chi connectivity index (χ1) is 4.34. The fourth-order valence-corrected chi connectivity index (χ4v) is 0.795. The highest BCUT2D eigenvalue weighted by atomic mass is 14.8. The molecule has 0 unspecified atom stereocenters. The molecular formula is C7H12N2. The molecule has 0 amide bonds. The molecule has 0 saturated carbocycles. The number of hydrogen-bond acceptors (Lipinski definition) is 1. The van der Waals surface area contributed by atoms with E-state index in [9.17, 15) is 0 Å². The van der Waals surface area contributed by atoms with E-state index in [0.29, 0.717) is 0 Å². The first kappa shape index (κ1) is 6.36. The van der Waals surface area contributed by atoms with Gasteiger partial charge in [0, 0.05) is 17.9 Å². The maximum absolute atomic E-state index is 5.71. The van der Waals surface area contributed by atoms with E-state index in [1.165, 1.54) is 0 Å². The van der Waals surface area contributed by atoms with E-state index in [0.717, 1.165) is 12.1 Å². The van der Waals surface area contributed by atoms with Crippen LogP contribution in [-0.4, -0.2) is 4.98 Å². The fraction of sp³-hybridized carbons (Fsp3) is 0.429. The van der Waals surface area contributed by atoms with Crippen LogP contribution in [0, 0.1) is 0 Å². The van der Waals surface area contributed by atoms with Crippen LogP contribution < -0.4 is 5.73 Å². The van der Waals surface area contributed by atoms with Crippen LogP contribution >= 0.6 is 0 Å². The molecule has 0 aromatic carbocycles. The molecule has 2 nitrogen and oxygen atoms in total. The summed E-state index contributed by atoms with van der Waals surface area (Å²) in [5.74, 6) is 0. The van der Waals surface area contributed by atoms with Crippen LogP contribution in [0.5, 0.6) is 0 Å². The largest absolute Gasteiger partial charge is 0.364 e. The quantitative estimate of drug-likeness (QED) is 0.615. The molecule has 50 valence electrons. The lowest BCUT2D eigenvalue weighted by Gasteiger charge is -2.03. The molecule has 3 N–H and O–H groups in total. The molecule has 0 aliphatic rings. The minimum absolute atomic E-state index is 0.181. The number of aromatic nitrogens is 1. The minimum Gasteiger partial charge on any atom is -0.364 e. The summed E-state index contributed by atoms with van der Waals surface area (Å²) in [7, 11) is 0. The highest BCUT2D eigenvalue weighted by molar-refractivity contribution is 5.07. The molecule has 1 rings (SSSR count). The molecule has 0 fully saturated rings. The lowest BCUT2D eigenvalue weighted by molar-refractivity contribution is 0.680. The Morgan fingerprint density at radius 2 is 2.56 bits per heavy atom. The van der Waals surface area contributed by atoms with Crippen LogP contribution in [0.25, 0.3) is 0 Å². The molecule has 0 aliphatic carbocycles. The van der Waals surface area contributed by atoms with Gasteiger partial charge < -0.3 is 10.7 Å². The van der Waals surface area contributed by atoms with Crippen molar-refractivity contribution < 1.29 is 0 Å². The molecule has 0 spiro atoms. The Morgan fingerprint density at radius 3 is 3.00 bits per heavy atom. The van der Waals surface area contributed by atoms with Gasteiger partial charge in [-0.2, -0.15) is 0 Å². The van der Waals surface area contributed by atoms with Crippen LogP contribution in [0.3, 0.4) is 0 Å². The topological polar surface area (TPSA) is 41.8 Å². The van der Waals surface area contributed by atoms with E-state index >= 15 is 0 Å². The number of nitrogens with one attached hydrogen (secondary N) is 1. The first-order valence-electron chi connectivity index (χ1n) is 3.23. The standard InChI is InChI=1S/C7H12N2/c1-2-6(8)7-4-3-5-9-7/h3-6,9H,2,8H2,1H3/t6-/m1/s1. The Balaban J connectivity index is 2.65. The van der Waals surface area contributed by atoms with E-state index < -0.39 is 0 Å². The van der Waals surface area contributed by atoms with Gasteiger partial charge in [0.25, 0.3) is 0 Å². The summed E-state index contributed by atoms with van der Waals surface area (Å²) in [6.45, 7) is 2.07. The number of H-pyrrole nitrogens is 1. The van der Waals surface area contributed by atoms with Gasteiger partial charge in [-0.05, 0) is 18.6 Å². The molecule has 1 aromatic heterocycles. The van der Waals surface area contributed by atoms with Gasteiger partial charge in [-0.25, -0.2) is 0 Å². The third-order valence-corrected chi connectivity index (χ3v) is 1.46. The van der Waals surface area contributed by atoms with Crippen molar-refractivity contribution in [2.24, 2.45) is 5.73 Å². The molecule has 0 saturated heterocycles. The van der Waals surface area contributed by atoms with Crippen molar-refractivity contribution in [3.63, 3.8) is 0 Å². The van der Waals surface area contributed by atoms with Crippen molar-refractivity contribution in [3.8, 4) is 0 Å². The summed E-state index contributed by atoms with van der Waals surface area (Å²) in [6.07, 6.45) is 2.88. The van der Waals surface area contributed by atoms with Gasteiger partial charge in [0.2, 0.25) is 0 Å². The average Bonchev–Trinajstić information content (AvgIpc) is 2.37. The van der Waals surface area contributed by atoms with Crippen molar-refractivity contribution in [3.05, 3.63) is 24.0 Å². The number of nitrogens with two attached hydrogens (primary N) is 1. The number of aromatic amines is 1. The first-order valence-corrected chi connectivity index (χ1v) is 3.23. The zero-order valence-electron chi connectivity index (χ0n) is 5.59. The van der Waals surface area contributed by atoms with Gasteiger partial charge in [-0.3, -0.25) is 0 Å². The maximum Gasteiger partial charge on any atom is 0.0445 e. The second-order valence-corrected chi connectivity index (χ2v) is 2.14. The molecule has 0 bridgehead atoms. The molecule has 1 atom stereocenters. The maximum atomic E-state index is 5.71. The Bertz CT molecular complexity index is 155. The second kappa shape index (κ2) is 2.69. The van der Waals surface area contributed by atoms with Crippen LogP contribution in [0.4, 0.5) is 0 Å². The van der Waals surface area contributed by atoms with Crippen LogP contribution in [0.15, 0.2) is 18.3 Å². The molecule has 2 heteroatoms. The highest BCUT2D eigenvalue weighted by Crippen LogP contribution is 2.08. The Morgan fingerprint density at radius 1 is 1.78 bits per heavy atom. The molecule has 0 aliphatic heterocycles. The SMILES string of the molecule is CC[C@@H](N)c1ccc[nH]1. The summed E-state index contributed by atoms with van der Waals surface area (Å²) < 4.78 is 0. The average molecular weight is 124 g/mol. The van der Waals surface area contributed by atoms with Gasteiger partial charge in [-0.15, -0.1) is 0 Å². The third-order valence-electron chi connectivity index (χ3n) is 1.46. The van der Waals surface area contributed by atoms with Crippen molar-refractivity contribution in [1.82, 2.24) is 4.98 Å².